The van der Waals surface area contributed by atoms with Gasteiger partial charge in [0, 0.05) is 22.6 Å². The smallest absolute Gasteiger partial charge is 0.168 e. The minimum absolute atomic E-state index is 0.752. The number of nitrogens with one attached hydrogen (secondary N) is 1. The first kappa shape index (κ1) is 12.3. The molecule has 0 aliphatic rings. The second kappa shape index (κ2) is 5.98. The van der Waals surface area contributed by atoms with Crippen molar-refractivity contribution in [2.24, 2.45) is 0 Å². The van der Waals surface area contributed by atoms with Gasteiger partial charge in [0.25, 0.3) is 0 Å². The lowest BCUT2D eigenvalue weighted by Gasteiger charge is -1.98. The van der Waals surface area contributed by atoms with Crippen LogP contribution >= 0.6 is 15.9 Å². The first-order chi connectivity index (χ1) is 8.31. The van der Waals surface area contributed by atoms with Crippen molar-refractivity contribution in [3.05, 3.63) is 40.5 Å². The van der Waals surface area contributed by atoms with E-state index in [1.54, 1.807) is 0 Å². The van der Waals surface area contributed by atoms with Crippen molar-refractivity contribution in [2.75, 3.05) is 6.54 Å². The van der Waals surface area contributed by atoms with Gasteiger partial charge in [0.15, 0.2) is 5.76 Å². The molecule has 1 heterocycles. The number of benzene rings is 1. The van der Waals surface area contributed by atoms with Gasteiger partial charge in [0.2, 0.25) is 0 Å². The molecule has 0 unspecified atom stereocenters. The van der Waals surface area contributed by atoms with Gasteiger partial charge in [-0.05, 0) is 25.1 Å². The third kappa shape index (κ3) is 3.17. The van der Waals surface area contributed by atoms with Crippen molar-refractivity contribution in [1.82, 2.24) is 10.5 Å². The lowest BCUT2D eigenvalue weighted by Crippen LogP contribution is -2.13. The Morgan fingerprint density at radius 2 is 2.18 bits per heavy atom. The highest BCUT2D eigenvalue weighted by Crippen LogP contribution is 2.28. The first-order valence-corrected chi connectivity index (χ1v) is 6.51. The molecule has 2 aromatic rings. The number of nitrogens with zero attached hydrogens (tertiary/aromatic N) is 1. The zero-order valence-electron chi connectivity index (χ0n) is 9.74. The maximum atomic E-state index is 5.34. The average Bonchev–Trinajstić information content (AvgIpc) is 2.79. The monoisotopic (exact) mass is 294 g/mol. The van der Waals surface area contributed by atoms with Crippen LogP contribution in [0.1, 0.15) is 19.0 Å². The second-order valence-corrected chi connectivity index (χ2v) is 4.69. The molecule has 17 heavy (non-hydrogen) atoms. The molecule has 90 valence electrons. The predicted octanol–water partition coefficient (Wildman–Crippen LogP) is 3.60. The molecule has 0 spiro atoms. The molecular formula is C13H15BrN2O. The van der Waals surface area contributed by atoms with E-state index in [-0.39, 0.29) is 0 Å². The standard InChI is InChI=1S/C13H15BrN2O/c1-2-7-15-9-10-8-13(17-16-10)11-5-3-4-6-12(11)14/h3-6,8,15H,2,7,9H2,1H3. The zero-order valence-corrected chi connectivity index (χ0v) is 11.3. The highest BCUT2D eigenvalue weighted by molar-refractivity contribution is 9.10. The largest absolute Gasteiger partial charge is 0.356 e. The maximum absolute atomic E-state index is 5.34. The van der Waals surface area contributed by atoms with Crippen molar-refractivity contribution in [3.8, 4) is 11.3 Å². The van der Waals surface area contributed by atoms with Crippen LogP contribution < -0.4 is 5.32 Å². The summed E-state index contributed by atoms with van der Waals surface area (Å²) in [4.78, 5) is 0. The summed E-state index contributed by atoms with van der Waals surface area (Å²) in [6, 6.07) is 9.94. The Labute approximate surface area is 109 Å². The summed E-state index contributed by atoms with van der Waals surface area (Å²) in [5.41, 5.74) is 1.96. The molecule has 0 amide bonds. The van der Waals surface area contributed by atoms with E-state index in [0.29, 0.717) is 0 Å². The number of halogens is 1. The predicted molar refractivity (Wildman–Crippen MR) is 71.6 cm³/mol. The van der Waals surface area contributed by atoms with E-state index in [1.807, 2.05) is 30.3 Å². The normalized spacial score (nSPS) is 10.7. The van der Waals surface area contributed by atoms with Crippen molar-refractivity contribution >= 4 is 15.9 Å². The molecule has 0 saturated carbocycles. The molecular weight excluding hydrogens is 280 g/mol. The Bertz CT molecular complexity index is 482. The third-order valence-corrected chi connectivity index (χ3v) is 3.12. The van der Waals surface area contributed by atoms with Crippen molar-refractivity contribution in [3.63, 3.8) is 0 Å². The van der Waals surface area contributed by atoms with Crippen molar-refractivity contribution in [1.29, 1.82) is 0 Å². The van der Waals surface area contributed by atoms with Crippen molar-refractivity contribution < 1.29 is 4.52 Å². The molecule has 0 bridgehead atoms. The summed E-state index contributed by atoms with van der Waals surface area (Å²) in [6.45, 7) is 3.89. The average molecular weight is 295 g/mol. The van der Waals surface area contributed by atoms with Crippen molar-refractivity contribution in [2.45, 2.75) is 19.9 Å². The summed E-state index contributed by atoms with van der Waals surface area (Å²) in [5, 5.41) is 7.34. The fourth-order valence-corrected chi connectivity index (χ4v) is 2.06. The van der Waals surface area contributed by atoms with Crippen LogP contribution in [0.5, 0.6) is 0 Å². The fraction of sp³-hybridized carbons (Fsp3) is 0.308. The molecule has 0 atom stereocenters. The van der Waals surface area contributed by atoms with E-state index in [1.165, 1.54) is 0 Å². The summed E-state index contributed by atoms with van der Waals surface area (Å²) < 4.78 is 6.36. The minimum atomic E-state index is 0.752. The van der Waals surface area contributed by atoms with E-state index < -0.39 is 0 Å². The molecule has 0 fully saturated rings. The molecule has 1 N–H and O–H groups in total. The zero-order chi connectivity index (χ0) is 12.1. The molecule has 0 radical (unpaired) electrons. The molecule has 0 aliphatic heterocycles. The van der Waals surface area contributed by atoms with Gasteiger partial charge in [-0.25, -0.2) is 0 Å². The lowest BCUT2D eigenvalue weighted by atomic mass is 10.1. The van der Waals surface area contributed by atoms with Crippen LogP contribution in [0, 0.1) is 0 Å². The summed E-state index contributed by atoms with van der Waals surface area (Å²) in [7, 11) is 0. The van der Waals surface area contributed by atoms with Crippen LogP contribution in [0.15, 0.2) is 39.3 Å². The quantitative estimate of drug-likeness (QED) is 0.856. The number of hydrogen-bond acceptors (Lipinski definition) is 3. The molecule has 0 saturated heterocycles. The van der Waals surface area contributed by atoms with Gasteiger partial charge in [-0.3, -0.25) is 0 Å². The van der Waals surface area contributed by atoms with E-state index in [2.05, 4.69) is 33.3 Å². The summed E-state index contributed by atoms with van der Waals surface area (Å²) >= 11 is 3.50. The number of hydrogen-bond donors (Lipinski definition) is 1. The fourth-order valence-electron chi connectivity index (χ4n) is 1.58. The van der Waals surface area contributed by atoms with Crippen LogP contribution in [0.25, 0.3) is 11.3 Å². The molecule has 3 nitrogen and oxygen atoms in total. The van der Waals surface area contributed by atoms with Crippen LogP contribution in [-0.2, 0) is 6.54 Å². The highest BCUT2D eigenvalue weighted by atomic mass is 79.9. The second-order valence-electron chi connectivity index (χ2n) is 3.84. The number of rotatable bonds is 5. The van der Waals surface area contributed by atoms with Gasteiger partial charge in [0.05, 0.1) is 5.69 Å². The lowest BCUT2D eigenvalue weighted by molar-refractivity contribution is 0.420. The van der Waals surface area contributed by atoms with Gasteiger partial charge in [0.1, 0.15) is 0 Å². The van der Waals surface area contributed by atoms with Crippen LogP contribution in [0.2, 0.25) is 0 Å². The Kier molecular flexibility index (Phi) is 4.34. The van der Waals surface area contributed by atoms with Crippen LogP contribution in [0.4, 0.5) is 0 Å². The topological polar surface area (TPSA) is 38.1 Å². The third-order valence-electron chi connectivity index (χ3n) is 2.43. The van der Waals surface area contributed by atoms with E-state index in [0.717, 1.165) is 41.0 Å². The Morgan fingerprint density at radius 3 is 2.94 bits per heavy atom. The van der Waals surface area contributed by atoms with Gasteiger partial charge in [-0.1, -0.05) is 40.1 Å². The Balaban J connectivity index is 2.10. The number of aromatic nitrogens is 1. The molecule has 2 rings (SSSR count). The molecule has 0 aliphatic carbocycles. The van der Waals surface area contributed by atoms with E-state index >= 15 is 0 Å². The van der Waals surface area contributed by atoms with Gasteiger partial charge in [-0.15, -0.1) is 0 Å². The van der Waals surface area contributed by atoms with E-state index in [4.69, 9.17) is 4.52 Å². The molecule has 1 aromatic heterocycles. The van der Waals surface area contributed by atoms with Crippen LogP contribution in [-0.4, -0.2) is 11.7 Å². The maximum Gasteiger partial charge on any atom is 0.168 e. The van der Waals surface area contributed by atoms with Gasteiger partial charge < -0.3 is 9.84 Å². The molecule has 1 aromatic carbocycles. The Morgan fingerprint density at radius 1 is 1.35 bits per heavy atom. The Hall–Kier alpha value is -1.13. The molecule has 4 heteroatoms. The summed E-state index contributed by atoms with van der Waals surface area (Å²) in [6.07, 6.45) is 1.12. The summed E-state index contributed by atoms with van der Waals surface area (Å²) in [5.74, 6) is 0.797. The van der Waals surface area contributed by atoms with Gasteiger partial charge in [-0.2, -0.15) is 0 Å². The van der Waals surface area contributed by atoms with Crippen LogP contribution in [0.3, 0.4) is 0 Å². The van der Waals surface area contributed by atoms with E-state index in [9.17, 15) is 0 Å². The highest BCUT2D eigenvalue weighted by Gasteiger charge is 2.08. The first-order valence-electron chi connectivity index (χ1n) is 5.72. The minimum Gasteiger partial charge on any atom is -0.356 e. The SMILES string of the molecule is CCCNCc1cc(-c2ccccc2Br)on1. The van der Waals surface area contributed by atoms with Gasteiger partial charge >= 0.3 is 0 Å².